The Labute approximate surface area is 147 Å². The first-order valence-corrected chi connectivity index (χ1v) is 9.04. The number of unbranched alkanes of at least 4 members (excludes halogenated alkanes) is 1. The van der Waals surface area contributed by atoms with E-state index in [1.807, 2.05) is 0 Å². The molecule has 0 aliphatic rings. The summed E-state index contributed by atoms with van der Waals surface area (Å²) < 4.78 is 6.77. The van der Waals surface area contributed by atoms with Crippen LogP contribution < -0.4 is 5.32 Å². The van der Waals surface area contributed by atoms with E-state index in [1.54, 1.807) is 0 Å². The van der Waals surface area contributed by atoms with Crippen LogP contribution in [0.3, 0.4) is 0 Å². The SMILES string of the molecule is CCCCn1c(CNc2ccc(C)cc2)nnc1SCC(=O)OC. The molecule has 0 atom stereocenters. The van der Waals surface area contributed by atoms with E-state index in [0.29, 0.717) is 6.54 Å². The van der Waals surface area contributed by atoms with Gasteiger partial charge >= 0.3 is 5.97 Å². The molecule has 2 aromatic rings. The van der Waals surface area contributed by atoms with Gasteiger partial charge in [0.05, 0.1) is 19.4 Å². The van der Waals surface area contributed by atoms with Crippen molar-refractivity contribution in [2.24, 2.45) is 0 Å². The zero-order chi connectivity index (χ0) is 17.4. The lowest BCUT2D eigenvalue weighted by atomic mass is 10.2. The zero-order valence-electron chi connectivity index (χ0n) is 14.4. The van der Waals surface area contributed by atoms with Gasteiger partial charge < -0.3 is 14.6 Å². The third kappa shape index (κ3) is 5.26. The van der Waals surface area contributed by atoms with Crippen molar-refractivity contribution in [3.05, 3.63) is 35.7 Å². The maximum absolute atomic E-state index is 11.3. The number of anilines is 1. The molecule has 130 valence electrons. The number of aromatic nitrogens is 3. The summed E-state index contributed by atoms with van der Waals surface area (Å²) in [5.41, 5.74) is 2.28. The molecular weight excluding hydrogens is 324 g/mol. The zero-order valence-corrected chi connectivity index (χ0v) is 15.2. The lowest BCUT2D eigenvalue weighted by Crippen LogP contribution is -2.11. The van der Waals surface area contributed by atoms with Crippen molar-refractivity contribution < 1.29 is 9.53 Å². The maximum Gasteiger partial charge on any atom is 0.316 e. The monoisotopic (exact) mass is 348 g/mol. The highest BCUT2D eigenvalue weighted by molar-refractivity contribution is 7.99. The number of rotatable bonds is 9. The van der Waals surface area contributed by atoms with Gasteiger partial charge in [-0.2, -0.15) is 0 Å². The molecular formula is C17H24N4O2S. The normalized spacial score (nSPS) is 10.6. The fraction of sp³-hybridized carbons (Fsp3) is 0.471. The van der Waals surface area contributed by atoms with Crippen LogP contribution in [0, 0.1) is 6.92 Å². The predicted molar refractivity (Wildman–Crippen MR) is 96.2 cm³/mol. The number of carbonyl (C=O) groups excluding carboxylic acids is 1. The van der Waals surface area contributed by atoms with Crippen LogP contribution in [0.15, 0.2) is 29.4 Å². The Morgan fingerprint density at radius 1 is 1.29 bits per heavy atom. The molecule has 0 radical (unpaired) electrons. The number of thioether (sulfide) groups is 1. The van der Waals surface area contributed by atoms with Crippen LogP contribution in [0.1, 0.15) is 31.2 Å². The summed E-state index contributed by atoms with van der Waals surface area (Å²) in [5.74, 6) is 0.854. The highest BCUT2D eigenvalue weighted by atomic mass is 32.2. The quantitative estimate of drug-likeness (QED) is 0.554. The number of benzene rings is 1. The number of ether oxygens (including phenoxy) is 1. The first-order chi connectivity index (χ1) is 11.6. The molecule has 0 aliphatic carbocycles. The second kappa shape index (κ2) is 9.32. The maximum atomic E-state index is 11.3. The molecule has 0 saturated heterocycles. The lowest BCUT2D eigenvalue weighted by Gasteiger charge is -2.11. The highest BCUT2D eigenvalue weighted by Gasteiger charge is 2.14. The van der Waals surface area contributed by atoms with Crippen molar-refractivity contribution in [3.63, 3.8) is 0 Å². The van der Waals surface area contributed by atoms with Crippen molar-refractivity contribution in [1.29, 1.82) is 0 Å². The summed E-state index contributed by atoms with van der Waals surface area (Å²) >= 11 is 1.36. The minimum absolute atomic E-state index is 0.242. The molecule has 0 aliphatic heterocycles. The van der Waals surface area contributed by atoms with Crippen molar-refractivity contribution in [3.8, 4) is 0 Å². The number of carbonyl (C=O) groups is 1. The fourth-order valence-electron chi connectivity index (χ4n) is 2.13. The summed E-state index contributed by atoms with van der Waals surface area (Å²) in [6.07, 6.45) is 2.13. The summed E-state index contributed by atoms with van der Waals surface area (Å²) in [4.78, 5) is 11.3. The van der Waals surface area contributed by atoms with Crippen molar-refractivity contribution in [1.82, 2.24) is 14.8 Å². The number of esters is 1. The highest BCUT2D eigenvalue weighted by Crippen LogP contribution is 2.19. The standard InChI is InChI=1S/C17H24N4O2S/c1-4-5-10-21-15(11-18-14-8-6-13(2)7-9-14)19-20-17(21)24-12-16(22)23-3/h6-9,18H,4-5,10-12H2,1-3H3. The van der Waals surface area contributed by atoms with E-state index in [2.05, 4.69) is 62.9 Å². The van der Waals surface area contributed by atoms with Crippen molar-refractivity contribution >= 4 is 23.4 Å². The number of methoxy groups -OCH3 is 1. The first-order valence-electron chi connectivity index (χ1n) is 8.06. The molecule has 24 heavy (non-hydrogen) atoms. The van der Waals surface area contributed by atoms with Crippen LogP contribution in [-0.4, -0.2) is 33.6 Å². The van der Waals surface area contributed by atoms with E-state index in [1.165, 1.54) is 24.4 Å². The molecule has 0 amide bonds. The van der Waals surface area contributed by atoms with E-state index in [-0.39, 0.29) is 11.7 Å². The minimum atomic E-state index is -0.260. The van der Waals surface area contributed by atoms with Crippen LogP contribution in [0.25, 0.3) is 0 Å². The van der Waals surface area contributed by atoms with Gasteiger partial charge in [0.1, 0.15) is 0 Å². The lowest BCUT2D eigenvalue weighted by molar-refractivity contribution is -0.137. The molecule has 1 heterocycles. The molecule has 1 N–H and O–H groups in total. The van der Waals surface area contributed by atoms with Gasteiger partial charge in [0.15, 0.2) is 11.0 Å². The van der Waals surface area contributed by atoms with Crippen molar-refractivity contribution in [2.75, 3.05) is 18.2 Å². The molecule has 6 nitrogen and oxygen atoms in total. The Morgan fingerprint density at radius 3 is 2.71 bits per heavy atom. The van der Waals surface area contributed by atoms with E-state index in [0.717, 1.165) is 36.1 Å². The fourth-order valence-corrected chi connectivity index (χ4v) is 2.95. The summed E-state index contributed by atoms with van der Waals surface area (Å²) in [7, 11) is 1.39. The number of nitrogens with one attached hydrogen (secondary N) is 1. The number of aryl methyl sites for hydroxylation is 1. The van der Waals surface area contributed by atoms with Crippen LogP contribution in [-0.2, 0) is 22.6 Å². The Bertz CT molecular complexity index is 655. The molecule has 1 aromatic carbocycles. The number of hydrogen-bond acceptors (Lipinski definition) is 6. The molecule has 7 heteroatoms. The molecule has 0 unspecified atom stereocenters. The first kappa shape index (κ1) is 18.3. The molecule has 0 saturated carbocycles. The Balaban J connectivity index is 2.05. The van der Waals surface area contributed by atoms with Crippen molar-refractivity contribution in [2.45, 2.75) is 44.9 Å². The van der Waals surface area contributed by atoms with Gasteiger partial charge in [-0.1, -0.05) is 42.8 Å². The summed E-state index contributed by atoms with van der Waals surface area (Å²) in [6, 6.07) is 8.24. The van der Waals surface area contributed by atoms with E-state index >= 15 is 0 Å². The van der Waals surface area contributed by atoms with Crippen LogP contribution in [0.5, 0.6) is 0 Å². The Morgan fingerprint density at radius 2 is 2.04 bits per heavy atom. The number of nitrogens with zero attached hydrogens (tertiary/aromatic N) is 3. The van der Waals surface area contributed by atoms with Gasteiger partial charge in [0.2, 0.25) is 0 Å². The molecule has 0 bridgehead atoms. The van der Waals surface area contributed by atoms with Crippen LogP contribution in [0.4, 0.5) is 5.69 Å². The largest absolute Gasteiger partial charge is 0.468 e. The molecule has 1 aromatic heterocycles. The third-order valence-electron chi connectivity index (χ3n) is 3.58. The molecule has 0 fully saturated rings. The topological polar surface area (TPSA) is 69.0 Å². The van der Waals surface area contributed by atoms with Gasteiger partial charge in [0.25, 0.3) is 0 Å². The van der Waals surface area contributed by atoms with Crippen LogP contribution in [0.2, 0.25) is 0 Å². The predicted octanol–water partition coefficient (Wildman–Crippen LogP) is 3.26. The summed E-state index contributed by atoms with van der Waals surface area (Å²) in [5, 5.41) is 12.6. The molecule has 2 rings (SSSR count). The van der Waals surface area contributed by atoms with E-state index in [9.17, 15) is 4.79 Å². The molecule has 0 spiro atoms. The second-order valence-corrected chi connectivity index (χ2v) is 6.43. The summed E-state index contributed by atoms with van der Waals surface area (Å²) in [6.45, 7) is 5.66. The van der Waals surface area contributed by atoms with Gasteiger partial charge in [-0.3, -0.25) is 4.79 Å². The van der Waals surface area contributed by atoms with Gasteiger partial charge in [0, 0.05) is 12.2 Å². The Kier molecular flexibility index (Phi) is 7.11. The Hall–Kier alpha value is -2.02. The third-order valence-corrected chi connectivity index (χ3v) is 4.52. The van der Waals surface area contributed by atoms with E-state index < -0.39 is 0 Å². The average Bonchev–Trinajstić information content (AvgIpc) is 2.99. The minimum Gasteiger partial charge on any atom is -0.468 e. The van der Waals surface area contributed by atoms with Gasteiger partial charge in [-0.25, -0.2) is 0 Å². The average molecular weight is 348 g/mol. The number of hydrogen-bond donors (Lipinski definition) is 1. The smallest absolute Gasteiger partial charge is 0.316 e. The van der Waals surface area contributed by atoms with E-state index in [4.69, 9.17) is 0 Å². The second-order valence-electron chi connectivity index (χ2n) is 5.49. The van der Waals surface area contributed by atoms with Gasteiger partial charge in [-0.05, 0) is 25.5 Å². The van der Waals surface area contributed by atoms with Gasteiger partial charge in [-0.15, -0.1) is 10.2 Å². The van der Waals surface area contributed by atoms with Crippen LogP contribution >= 0.6 is 11.8 Å².